The molecule has 212 valence electrons. The maximum atomic E-state index is 16.7. The van der Waals surface area contributed by atoms with Crippen molar-refractivity contribution in [2.75, 3.05) is 0 Å². The van der Waals surface area contributed by atoms with Crippen molar-refractivity contribution in [1.82, 2.24) is 0 Å². The molecule has 0 N–H and O–H groups in total. The van der Waals surface area contributed by atoms with Gasteiger partial charge in [-0.15, -0.1) is 0 Å². The van der Waals surface area contributed by atoms with Gasteiger partial charge in [0, 0.05) is 46.5 Å². The van der Waals surface area contributed by atoms with Gasteiger partial charge in [-0.1, -0.05) is 133 Å². The molecule has 2 nitrogen and oxygen atoms in total. The van der Waals surface area contributed by atoms with Crippen molar-refractivity contribution in [1.29, 1.82) is 0 Å². The van der Waals surface area contributed by atoms with E-state index >= 15 is 17.9 Å². The molecule has 0 atom stereocenters. The fraction of sp³-hybridized carbons (Fsp3) is 0. The van der Waals surface area contributed by atoms with Crippen LogP contribution in [0.1, 0.15) is 0 Å². The van der Waals surface area contributed by atoms with Gasteiger partial charge in [-0.2, -0.15) is 0 Å². The lowest BCUT2D eigenvalue weighted by Gasteiger charge is -2.27. The molecule has 0 heterocycles. The Morgan fingerprint density at radius 3 is 1.19 bits per heavy atom. The second kappa shape index (κ2) is 12.2. The zero-order chi connectivity index (χ0) is 30.0. The van der Waals surface area contributed by atoms with Crippen molar-refractivity contribution in [3.05, 3.63) is 167 Å². The Morgan fingerprint density at radius 1 is 0.419 bits per heavy atom. The fourth-order valence-electron chi connectivity index (χ4n) is 5.47. The molecule has 0 fully saturated rings. The average Bonchev–Trinajstić information content (AvgIpc) is 3.07. The fourth-order valence-corrected chi connectivity index (χ4v) is 11.6. The maximum Gasteiger partial charge on any atom is 0.171 e. The molecule has 0 saturated heterocycles. The summed E-state index contributed by atoms with van der Waals surface area (Å²) in [5.41, 5.74) is -0.306. The minimum absolute atomic E-state index is 0.139. The van der Waals surface area contributed by atoms with Gasteiger partial charge in [0.1, 0.15) is 11.6 Å². The van der Waals surface area contributed by atoms with Crippen molar-refractivity contribution >= 4 is 68.7 Å². The first-order chi connectivity index (χ1) is 20.9. The third-order valence-electron chi connectivity index (χ3n) is 7.47. The van der Waals surface area contributed by atoms with Crippen LogP contribution in [0.4, 0.5) is 8.78 Å². The predicted molar refractivity (Wildman–Crippen MR) is 183 cm³/mol. The highest BCUT2D eigenvalue weighted by atomic mass is 127. The molecule has 0 saturated carbocycles. The molecule has 6 aromatic rings. The van der Waals surface area contributed by atoms with E-state index in [9.17, 15) is 0 Å². The van der Waals surface area contributed by atoms with Crippen LogP contribution in [-0.2, 0) is 9.13 Å². The highest BCUT2D eigenvalue weighted by Gasteiger charge is 2.39. The quantitative estimate of drug-likeness (QED) is 0.127. The van der Waals surface area contributed by atoms with E-state index in [1.54, 1.807) is 115 Å². The topological polar surface area (TPSA) is 34.1 Å². The van der Waals surface area contributed by atoms with Crippen molar-refractivity contribution in [2.45, 2.75) is 0 Å². The third-order valence-corrected chi connectivity index (χ3v) is 14.5. The van der Waals surface area contributed by atoms with E-state index in [2.05, 4.69) is 0 Å². The van der Waals surface area contributed by atoms with Crippen molar-refractivity contribution < 1.29 is 17.9 Å². The zero-order valence-electron chi connectivity index (χ0n) is 22.8. The van der Waals surface area contributed by atoms with Crippen molar-refractivity contribution in [3.63, 3.8) is 0 Å². The number of halogens is 3. The Kier molecular flexibility index (Phi) is 8.33. The van der Waals surface area contributed by atoms with Crippen LogP contribution in [0.5, 0.6) is 0 Å². The van der Waals surface area contributed by atoms with E-state index < -0.39 is 25.9 Å². The summed E-state index contributed by atoms with van der Waals surface area (Å²) in [6.07, 6.45) is 0. The molecule has 0 aromatic heterocycles. The first-order valence-electron chi connectivity index (χ1n) is 13.6. The molecule has 6 rings (SSSR count). The normalized spacial score (nSPS) is 11.8. The van der Waals surface area contributed by atoms with Gasteiger partial charge < -0.3 is 9.13 Å². The lowest BCUT2D eigenvalue weighted by Crippen LogP contribution is -2.31. The Hall–Kier alpha value is -3.63. The number of rotatable bonds is 7. The Bertz CT molecular complexity index is 1920. The van der Waals surface area contributed by atoms with Gasteiger partial charge in [0.2, 0.25) is 0 Å². The molecule has 7 heteroatoms. The first kappa shape index (κ1) is 29.4. The van der Waals surface area contributed by atoms with Gasteiger partial charge >= 0.3 is 0 Å². The van der Waals surface area contributed by atoms with Crippen LogP contribution in [0.25, 0.3) is 11.1 Å². The van der Waals surface area contributed by atoms with Gasteiger partial charge in [-0.3, -0.25) is 0 Å². The van der Waals surface area contributed by atoms with E-state index in [0.29, 0.717) is 21.2 Å². The second-order valence-electron chi connectivity index (χ2n) is 9.95. The third kappa shape index (κ3) is 5.14. The molecule has 6 aromatic carbocycles. The largest absolute Gasteiger partial charge is 0.309 e. The van der Waals surface area contributed by atoms with E-state index in [-0.39, 0.29) is 25.3 Å². The molecule has 0 aliphatic carbocycles. The van der Waals surface area contributed by atoms with Crippen LogP contribution in [-0.4, -0.2) is 0 Å². The van der Waals surface area contributed by atoms with Gasteiger partial charge in [0.05, 0.1) is 0 Å². The summed E-state index contributed by atoms with van der Waals surface area (Å²) < 4.78 is 64.3. The molecule has 0 bridgehead atoms. The van der Waals surface area contributed by atoms with Crippen molar-refractivity contribution in [3.8, 4) is 11.1 Å². The summed E-state index contributed by atoms with van der Waals surface area (Å²) in [4.78, 5) is 0. The summed E-state index contributed by atoms with van der Waals surface area (Å²) in [6, 6.07) is 43.0. The number of hydrogen-bond acceptors (Lipinski definition) is 2. The second-order valence-corrected chi connectivity index (χ2v) is 16.6. The SMILES string of the molecule is O=P(c1ccccc1)(c1ccccc1)c1cccc(F)c1-c1c(P(=O)(c2ccccc2)c2ccccc2)ccc(I)c1F. The van der Waals surface area contributed by atoms with E-state index in [1.807, 2.05) is 46.9 Å². The summed E-state index contributed by atoms with van der Waals surface area (Å²) in [5, 5.41) is 2.21. The summed E-state index contributed by atoms with van der Waals surface area (Å²) in [7, 11) is -7.52. The Labute approximate surface area is 263 Å². The van der Waals surface area contributed by atoms with Gasteiger partial charge in [-0.05, 0) is 40.8 Å². The lowest BCUT2D eigenvalue weighted by molar-refractivity contribution is 0.590. The molecular formula is C36H25F2IO2P2. The van der Waals surface area contributed by atoms with E-state index in [1.165, 1.54) is 12.1 Å². The maximum absolute atomic E-state index is 16.7. The van der Waals surface area contributed by atoms with Gasteiger partial charge in [0.25, 0.3) is 0 Å². The predicted octanol–water partition coefficient (Wildman–Crippen LogP) is 7.52. The summed E-state index contributed by atoms with van der Waals surface area (Å²) in [5.74, 6) is -1.47. The zero-order valence-corrected chi connectivity index (χ0v) is 26.7. The molecule has 0 unspecified atom stereocenters. The molecule has 0 aliphatic heterocycles. The molecule has 0 amide bonds. The van der Waals surface area contributed by atoms with Crippen LogP contribution < -0.4 is 31.8 Å². The van der Waals surface area contributed by atoms with E-state index in [4.69, 9.17) is 0 Å². The summed E-state index contributed by atoms with van der Waals surface area (Å²) in [6.45, 7) is 0. The van der Waals surface area contributed by atoms with E-state index in [0.717, 1.165) is 0 Å². The highest BCUT2D eigenvalue weighted by Crippen LogP contribution is 2.50. The smallest absolute Gasteiger partial charge is 0.171 e. The van der Waals surface area contributed by atoms with Crippen LogP contribution in [0.3, 0.4) is 0 Å². The lowest BCUT2D eigenvalue weighted by atomic mass is 10.0. The van der Waals surface area contributed by atoms with Crippen LogP contribution >= 0.6 is 36.9 Å². The van der Waals surface area contributed by atoms with Crippen LogP contribution in [0.2, 0.25) is 0 Å². The minimum atomic E-state index is -3.76. The minimum Gasteiger partial charge on any atom is -0.309 e. The van der Waals surface area contributed by atoms with Crippen molar-refractivity contribution in [2.24, 2.45) is 0 Å². The standard InChI is InChI=1S/C36H25F2IO2P2/c37-30-22-13-23-32(42(40,26-14-5-1-6-15-26)27-16-7-2-8-17-27)34(30)35-33(25-24-31(39)36(35)38)43(41,28-18-9-3-10-19-28)29-20-11-4-12-21-29/h1-25H. The average molecular weight is 716 g/mol. The molecule has 43 heavy (non-hydrogen) atoms. The van der Waals surface area contributed by atoms with Gasteiger partial charge in [0.15, 0.2) is 14.3 Å². The van der Waals surface area contributed by atoms with Crippen LogP contribution in [0, 0.1) is 15.2 Å². The number of hydrogen-bond donors (Lipinski definition) is 0. The highest BCUT2D eigenvalue weighted by molar-refractivity contribution is 14.1. The first-order valence-corrected chi connectivity index (χ1v) is 18.1. The van der Waals surface area contributed by atoms with Crippen LogP contribution in [0.15, 0.2) is 152 Å². The molecule has 0 radical (unpaired) electrons. The summed E-state index contributed by atoms with van der Waals surface area (Å²) >= 11 is 1.86. The monoisotopic (exact) mass is 716 g/mol. The Morgan fingerprint density at radius 2 is 0.791 bits per heavy atom. The number of benzene rings is 6. The van der Waals surface area contributed by atoms with Gasteiger partial charge in [-0.25, -0.2) is 8.78 Å². The molecule has 0 spiro atoms. The Balaban J connectivity index is 1.76. The molecular weight excluding hydrogens is 691 g/mol. The molecule has 0 aliphatic rings.